The van der Waals surface area contributed by atoms with Crippen molar-refractivity contribution in [2.45, 2.75) is 52.0 Å². The van der Waals surface area contributed by atoms with Gasteiger partial charge in [0.2, 0.25) is 5.71 Å². The van der Waals surface area contributed by atoms with Gasteiger partial charge in [0.15, 0.2) is 0 Å². The molecule has 0 saturated heterocycles. The Bertz CT molecular complexity index is 741. The van der Waals surface area contributed by atoms with Crippen molar-refractivity contribution in [3.63, 3.8) is 0 Å². The second kappa shape index (κ2) is 5.94. The minimum Gasteiger partial charge on any atom is -0.442 e. The second-order valence-electron chi connectivity index (χ2n) is 6.11. The van der Waals surface area contributed by atoms with Gasteiger partial charge in [0.1, 0.15) is 11.1 Å². The molecule has 1 fully saturated rings. The number of nitrogens with one attached hydrogen (secondary N) is 2. The van der Waals surface area contributed by atoms with Gasteiger partial charge in [0.05, 0.1) is 11.9 Å². The monoisotopic (exact) mass is 303 g/mol. The standard InChI is InChI=1S/C16H21N3O3/c1-9(11-6-4-3-5-7-11)19-15(21)12-10(2)22-16-13(12)14(20)17-8-18-16/h8-9,11H,3-7H2,1-2H3,(H,19,21)(H,17,18,20)/t9-/m0/s1. The van der Waals surface area contributed by atoms with Crippen LogP contribution in [0.4, 0.5) is 0 Å². The predicted molar refractivity (Wildman–Crippen MR) is 82.9 cm³/mol. The minimum absolute atomic E-state index is 0.0907. The molecule has 0 spiro atoms. The number of fused-ring (bicyclic) bond motifs is 1. The summed E-state index contributed by atoms with van der Waals surface area (Å²) in [5, 5.41) is 3.26. The van der Waals surface area contributed by atoms with Gasteiger partial charge < -0.3 is 14.7 Å². The van der Waals surface area contributed by atoms with Gasteiger partial charge in [-0.2, -0.15) is 0 Å². The van der Waals surface area contributed by atoms with Crippen LogP contribution in [0.5, 0.6) is 0 Å². The largest absolute Gasteiger partial charge is 0.442 e. The smallest absolute Gasteiger partial charge is 0.262 e. The van der Waals surface area contributed by atoms with Crippen LogP contribution in [-0.4, -0.2) is 21.9 Å². The first kappa shape index (κ1) is 14.8. The van der Waals surface area contributed by atoms with E-state index >= 15 is 0 Å². The third-order valence-electron chi connectivity index (χ3n) is 4.61. The highest BCUT2D eigenvalue weighted by Crippen LogP contribution is 2.27. The maximum Gasteiger partial charge on any atom is 0.262 e. The molecule has 1 amide bonds. The molecule has 3 rings (SSSR count). The first-order chi connectivity index (χ1) is 10.6. The van der Waals surface area contributed by atoms with E-state index in [1.54, 1.807) is 6.92 Å². The highest BCUT2D eigenvalue weighted by molar-refractivity contribution is 6.06. The Labute approximate surface area is 128 Å². The summed E-state index contributed by atoms with van der Waals surface area (Å²) >= 11 is 0. The molecule has 1 saturated carbocycles. The Morgan fingerprint density at radius 1 is 1.41 bits per heavy atom. The number of aromatic nitrogens is 2. The number of hydrogen-bond donors (Lipinski definition) is 2. The average Bonchev–Trinajstić information content (AvgIpc) is 2.85. The molecular formula is C16H21N3O3. The Balaban J connectivity index is 1.86. The Morgan fingerprint density at radius 3 is 2.86 bits per heavy atom. The summed E-state index contributed by atoms with van der Waals surface area (Å²) in [6.45, 7) is 3.72. The SMILES string of the molecule is Cc1oc2nc[nH]c(=O)c2c1C(=O)N[C@@H](C)C1CCCCC1. The van der Waals surface area contributed by atoms with Crippen LogP contribution in [0.25, 0.3) is 11.1 Å². The fraction of sp³-hybridized carbons (Fsp3) is 0.562. The van der Waals surface area contributed by atoms with E-state index in [4.69, 9.17) is 4.42 Å². The van der Waals surface area contributed by atoms with Crippen molar-refractivity contribution in [2.75, 3.05) is 0 Å². The summed E-state index contributed by atoms with van der Waals surface area (Å²) in [6, 6.07) is 0.0907. The van der Waals surface area contributed by atoms with Crippen molar-refractivity contribution in [2.24, 2.45) is 5.92 Å². The second-order valence-corrected chi connectivity index (χ2v) is 6.11. The topological polar surface area (TPSA) is 88.0 Å². The zero-order valence-electron chi connectivity index (χ0n) is 12.9. The molecule has 0 aliphatic heterocycles. The number of nitrogens with zero attached hydrogens (tertiary/aromatic N) is 1. The molecule has 0 unspecified atom stereocenters. The van der Waals surface area contributed by atoms with Crippen molar-refractivity contribution in [1.82, 2.24) is 15.3 Å². The number of carbonyl (C=O) groups is 1. The lowest BCUT2D eigenvalue weighted by atomic mass is 9.84. The number of aryl methyl sites for hydroxylation is 1. The maximum absolute atomic E-state index is 12.6. The molecule has 1 aliphatic rings. The molecule has 6 nitrogen and oxygen atoms in total. The molecule has 0 aromatic carbocycles. The number of amides is 1. The molecule has 0 radical (unpaired) electrons. The van der Waals surface area contributed by atoms with Crippen LogP contribution in [0.2, 0.25) is 0 Å². The van der Waals surface area contributed by atoms with Crippen molar-refractivity contribution in [3.8, 4) is 0 Å². The van der Waals surface area contributed by atoms with Crippen molar-refractivity contribution >= 4 is 17.0 Å². The summed E-state index contributed by atoms with van der Waals surface area (Å²) in [5.74, 6) is 0.674. The van der Waals surface area contributed by atoms with Gasteiger partial charge in [0, 0.05) is 6.04 Å². The van der Waals surface area contributed by atoms with E-state index in [0.717, 1.165) is 12.8 Å². The van der Waals surface area contributed by atoms with E-state index < -0.39 is 0 Å². The van der Waals surface area contributed by atoms with Crippen molar-refractivity contribution in [3.05, 3.63) is 28.0 Å². The highest BCUT2D eigenvalue weighted by Gasteiger charge is 2.26. The number of H-pyrrole nitrogens is 1. The van der Waals surface area contributed by atoms with E-state index in [0.29, 0.717) is 17.2 Å². The van der Waals surface area contributed by atoms with Crippen LogP contribution in [0.3, 0.4) is 0 Å². The van der Waals surface area contributed by atoms with Gasteiger partial charge >= 0.3 is 0 Å². The fourth-order valence-electron chi connectivity index (χ4n) is 3.36. The third kappa shape index (κ3) is 2.65. The lowest BCUT2D eigenvalue weighted by molar-refractivity contribution is 0.0919. The molecular weight excluding hydrogens is 282 g/mol. The fourth-order valence-corrected chi connectivity index (χ4v) is 3.36. The number of carbonyl (C=O) groups excluding carboxylic acids is 1. The van der Waals surface area contributed by atoms with E-state index in [9.17, 15) is 9.59 Å². The molecule has 2 aromatic rings. The molecule has 1 atom stereocenters. The van der Waals surface area contributed by atoms with Crippen LogP contribution in [-0.2, 0) is 0 Å². The van der Waals surface area contributed by atoms with Crippen LogP contribution < -0.4 is 10.9 Å². The van der Waals surface area contributed by atoms with Crippen LogP contribution >= 0.6 is 0 Å². The minimum atomic E-state index is -0.350. The molecule has 118 valence electrons. The molecule has 2 N–H and O–H groups in total. The van der Waals surface area contributed by atoms with E-state index in [2.05, 4.69) is 15.3 Å². The van der Waals surface area contributed by atoms with E-state index in [1.807, 2.05) is 6.92 Å². The van der Waals surface area contributed by atoms with Gasteiger partial charge in [-0.25, -0.2) is 4.98 Å². The first-order valence-corrected chi connectivity index (χ1v) is 7.85. The summed E-state index contributed by atoms with van der Waals surface area (Å²) in [4.78, 5) is 31.0. The Hall–Kier alpha value is -2.11. The Kier molecular flexibility index (Phi) is 4.00. The zero-order chi connectivity index (χ0) is 15.7. The zero-order valence-corrected chi connectivity index (χ0v) is 12.9. The maximum atomic E-state index is 12.6. The summed E-state index contributed by atoms with van der Waals surface area (Å²) < 4.78 is 5.44. The van der Waals surface area contributed by atoms with Gasteiger partial charge in [-0.3, -0.25) is 9.59 Å². The van der Waals surface area contributed by atoms with Gasteiger partial charge in [0.25, 0.3) is 11.5 Å². The normalized spacial score (nSPS) is 17.5. The van der Waals surface area contributed by atoms with Crippen LogP contribution in [0.1, 0.15) is 55.1 Å². The van der Waals surface area contributed by atoms with Gasteiger partial charge in [-0.05, 0) is 32.6 Å². The van der Waals surface area contributed by atoms with Crippen LogP contribution in [0.15, 0.2) is 15.5 Å². The van der Waals surface area contributed by atoms with Crippen molar-refractivity contribution < 1.29 is 9.21 Å². The number of rotatable bonds is 3. The summed E-state index contributed by atoms with van der Waals surface area (Å²) in [6.07, 6.45) is 7.30. The molecule has 22 heavy (non-hydrogen) atoms. The van der Waals surface area contributed by atoms with E-state index in [1.165, 1.54) is 25.6 Å². The van der Waals surface area contributed by atoms with Crippen LogP contribution in [0, 0.1) is 12.8 Å². The molecule has 1 aliphatic carbocycles. The highest BCUT2D eigenvalue weighted by atomic mass is 16.3. The molecule has 0 bridgehead atoms. The number of hydrogen-bond acceptors (Lipinski definition) is 4. The summed E-state index contributed by atoms with van der Waals surface area (Å²) in [7, 11) is 0. The number of furan rings is 1. The first-order valence-electron chi connectivity index (χ1n) is 7.85. The van der Waals surface area contributed by atoms with Crippen molar-refractivity contribution in [1.29, 1.82) is 0 Å². The quantitative estimate of drug-likeness (QED) is 0.912. The van der Waals surface area contributed by atoms with Gasteiger partial charge in [-0.1, -0.05) is 19.3 Å². The Morgan fingerprint density at radius 2 is 2.14 bits per heavy atom. The van der Waals surface area contributed by atoms with Gasteiger partial charge in [-0.15, -0.1) is 0 Å². The lowest BCUT2D eigenvalue weighted by Crippen LogP contribution is -2.39. The van der Waals surface area contributed by atoms with E-state index in [-0.39, 0.29) is 28.6 Å². The lowest BCUT2D eigenvalue weighted by Gasteiger charge is -2.28. The summed E-state index contributed by atoms with van der Waals surface area (Å²) in [5.41, 5.74) is 0.154. The molecule has 2 aromatic heterocycles. The molecule has 6 heteroatoms. The number of aromatic amines is 1. The third-order valence-corrected chi connectivity index (χ3v) is 4.61. The molecule has 2 heterocycles. The predicted octanol–water partition coefficient (Wildman–Crippen LogP) is 2.52. The average molecular weight is 303 g/mol.